The van der Waals surface area contributed by atoms with Crippen molar-refractivity contribution >= 4 is 32.7 Å². The molecule has 0 amide bonds. The van der Waals surface area contributed by atoms with E-state index in [1.807, 2.05) is 0 Å². The number of aryl methyl sites for hydroxylation is 3. The van der Waals surface area contributed by atoms with Crippen LogP contribution in [0.15, 0.2) is 71.3 Å². The topological polar surface area (TPSA) is 17.0 Å². The monoisotopic (exact) mass is 338 g/mol. The zero-order chi connectivity index (χ0) is 17.8. The lowest BCUT2D eigenvalue weighted by atomic mass is 9.98. The highest BCUT2D eigenvalue weighted by atomic mass is 16.3. The number of hydrogen-bond acceptors (Lipinski definition) is 1. The molecule has 2 aromatic heterocycles. The van der Waals surface area contributed by atoms with Crippen LogP contribution >= 0.6 is 0 Å². The van der Waals surface area contributed by atoms with Gasteiger partial charge in [0.1, 0.15) is 18.2 Å². The fourth-order valence-electron chi connectivity index (χ4n) is 3.91. The molecule has 0 bridgehead atoms. The molecule has 26 heavy (non-hydrogen) atoms. The molecule has 0 atom stereocenters. The highest BCUT2D eigenvalue weighted by Gasteiger charge is 2.17. The first kappa shape index (κ1) is 15.2. The van der Waals surface area contributed by atoms with Crippen molar-refractivity contribution in [3.8, 4) is 11.3 Å². The van der Waals surface area contributed by atoms with Gasteiger partial charge in [-0.05, 0) is 53.9 Å². The first-order chi connectivity index (χ1) is 12.6. The molecule has 0 saturated carbocycles. The zero-order valence-corrected chi connectivity index (χ0v) is 15.2. The lowest BCUT2D eigenvalue weighted by molar-refractivity contribution is -0.660. The van der Waals surface area contributed by atoms with E-state index in [1.165, 1.54) is 43.9 Å². The minimum Gasteiger partial charge on any atom is -0.456 e. The zero-order valence-electron chi connectivity index (χ0n) is 15.2. The summed E-state index contributed by atoms with van der Waals surface area (Å²) in [5, 5.41) is 4.87. The Hall–Kier alpha value is -3.13. The Morgan fingerprint density at radius 1 is 0.808 bits per heavy atom. The summed E-state index contributed by atoms with van der Waals surface area (Å²) >= 11 is 0. The molecule has 0 spiro atoms. The largest absolute Gasteiger partial charge is 0.456 e. The van der Waals surface area contributed by atoms with E-state index in [1.54, 1.807) is 0 Å². The standard InChI is InChI=1S/C24H20NO/c1-15-10-11-25(3)21(12-15)19-14-20-23(13-16(19)2)26-22-9-8-17-6-4-5-7-18(17)24(20)22/h4-14H,1-3H3/q+1. The first-order valence-electron chi connectivity index (χ1n) is 8.93. The maximum absolute atomic E-state index is 6.18. The van der Waals surface area contributed by atoms with Crippen LogP contribution in [0, 0.1) is 13.8 Å². The van der Waals surface area contributed by atoms with Gasteiger partial charge in [-0.2, -0.15) is 0 Å². The van der Waals surface area contributed by atoms with Gasteiger partial charge in [-0.25, -0.2) is 4.57 Å². The molecule has 0 unspecified atom stereocenters. The van der Waals surface area contributed by atoms with E-state index in [-0.39, 0.29) is 0 Å². The molecule has 0 fully saturated rings. The van der Waals surface area contributed by atoms with Gasteiger partial charge in [0.15, 0.2) is 6.20 Å². The average Bonchev–Trinajstić information content (AvgIpc) is 3.01. The summed E-state index contributed by atoms with van der Waals surface area (Å²) in [6.07, 6.45) is 2.12. The first-order valence-corrected chi connectivity index (χ1v) is 8.93. The Bertz CT molecular complexity index is 1310. The van der Waals surface area contributed by atoms with E-state index in [4.69, 9.17) is 4.42 Å². The Morgan fingerprint density at radius 2 is 1.65 bits per heavy atom. The van der Waals surface area contributed by atoms with Gasteiger partial charge < -0.3 is 4.42 Å². The fourth-order valence-corrected chi connectivity index (χ4v) is 3.91. The van der Waals surface area contributed by atoms with E-state index in [0.29, 0.717) is 0 Å². The molecule has 2 heteroatoms. The molecule has 5 rings (SSSR count). The van der Waals surface area contributed by atoms with Crippen molar-refractivity contribution < 1.29 is 8.98 Å². The predicted octanol–water partition coefficient (Wildman–Crippen LogP) is 5.85. The number of rotatable bonds is 1. The van der Waals surface area contributed by atoms with Gasteiger partial charge in [-0.15, -0.1) is 0 Å². The van der Waals surface area contributed by atoms with Gasteiger partial charge in [-0.3, -0.25) is 0 Å². The third-order valence-electron chi connectivity index (χ3n) is 5.29. The van der Waals surface area contributed by atoms with Crippen LogP contribution in [0.2, 0.25) is 0 Å². The van der Waals surface area contributed by atoms with Crippen molar-refractivity contribution in [1.29, 1.82) is 0 Å². The Kier molecular flexibility index (Phi) is 3.17. The van der Waals surface area contributed by atoms with E-state index in [0.717, 1.165) is 11.2 Å². The highest BCUT2D eigenvalue weighted by molar-refractivity contribution is 6.19. The van der Waals surface area contributed by atoms with Crippen molar-refractivity contribution in [3.05, 3.63) is 78.0 Å². The molecule has 0 aliphatic heterocycles. The van der Waals surface area contributed by atoms with Crippen molar-refractivity contribution in [2.45, 2.75) is 13.8 Å². The van der Waals surface area contributed by atoms with Crippen LogP contribution in [0.25, 0.3) is 44.0 Å². The Balaban J connectivity index is 1.92. The third-order valence-corrected chi connectivity index (χ3v) is 5.29. The maximum atomic E-state index is 6.18. The lowest BCUT2D eigenvalue weighted by Gasteiger charge is -2.06. The van der Waals surface area contributed by atoms with Gasteiger partial charge in [0.05, 0.1) is 0 Å². The van der Waals surface area contributed by atoms with Crippen molar-refractivity contribution in [2.75, 3.05) is 0 Å². The van der Waals surface area contributed by atoms with Gasteiger partial charge in [0.25, 0.3) is 0 Å². The van der Waals surface area contributed by atoms with Crippen LogP contribution in [-0.2, 0) is 7.05 Å². The third kappa shape index (κ3) is 2.15. The van der Waals surface area contributed by atoms with Gasteiger partial charge >= 0.3 is 0 Å². The number of hydrogen-bond donors (Lipinski definition) is 0. The number of aromatic nitrogens is 1. The van der Waals surface area contributed by atoms with Gasteiger partial charge in [0, 0.05) is 28.5 Å². The number of nitrogens with zero attached hydrogens (tertiary/aromatic N) is 1. The van der Waals surface area contributed by atoms with Crippen molar-refractivity contribution in [3.63, 3.8) is 0 Å². The second-order valence-corrected chi connectivity index (χ2v) is 7.13. The predicted molar refractivity (Wildman–Crippen MR) is 107 cm³/mol. The summed E-state index contributed by atoms with van der Waals surface area (Å²) in [6.45, 7) is 4.29. The van der Waals surface area contributed by atoms with Crippen molar-refractivity contribution in [2.24, 2.45) is 7.05 Å². The number of pyridine rings is 1. The smallest absolute Gasteiger partial charge is 0.212 e. The molecule has 0 aliphatic rings. The molecule has 0 saturated heterocycles. The van der Waals surface area contributed by atoms with Crippen LogP contribution in [0.4, 0.5) is 0 Å². The quantitative estimate of drug-likeness (QED) is 0.351. The second kappa shape index (κ2) is 5.43. The molecule has 126 valence electrons. The molecular weight excluding hydrogens is 318 g/mol. The van der Waals surface area contributed by atoms with E-state index >= 15 is 0 Å². The van der Waals surface area contributed by atoms with Crippen LogP contribution in [0.3, 0.4) is 0 Å². The average molecular weight is 338 g/mol. The van der Waals surface area contributed by atoms with E-state index in [2.05, 4.69) is 92.3 Å². The minimum absolute atomic E-state index is 0.948. The van der Waals surface area contributed by atoms with E-state index in [9.17, 15) is 0 Å². The SMILES string of the molecule is Cc1cc[n+](C)c(-c2cc3c(cc2C)oc2ccc4ccccc4c23)c1. The summed E-state index contributed by atoms with van der Waals surface area (Å²) in [6, 6.07) is 21.6. The van der Waals surface area contributed by atoms with Crippen LogP contribution in [0.1, 0.15) is 11.1 Å². The molecule has 0 radical (unpaired) electrons. The lowest BCUT2D eigenvalue weighted by Crippen LogP contribution is -2.30. The molecule has 0 N–H and O–H groups in total. The summed E-state index contributed by atoms with van der Waals surface area (Å²) in [5.74, 6) is 0. The summed E-state index contributed by atoms with van der Waals surface area (Å²) in [4.78, 5) is 0. The molecule has 2 nitrogen and oxygen atoms in total. The summed E-state index contributed by atoms with van der Waals surface area (Å²) < 4.78 is 8.36. The van der Waals surface area contributed by atoms with Crippen LogP contribution in [-0.4, -0.2) is 0 Å². The Labute approximate surface area is 152 Å². The number of furan rings is 1. The highest BCUT2D eigenvalue weighted by Crippen LogP contribution is 2.37. The minimum atomic E-state index is 0.948. The molecule has 3 aromatic carbocycles. The van der Waals surface area contributed by atoms with Gasteiger partial charge in [-0.1, -0.05) is 30.3 Å². The number of fused-ring (bicyclic) bond motifs is 5. The van der Waals surface area contributed by atoms with Crippen LogP contribution < -0.4 is 4.57 Å². The molecular formula is C24H20NO+. The summed E-state index contributed by atoms with van der Waals surface area (Å²) in [5.41, 5.74) is 6.86. The van der Waals surface area contributed by atoms with Crippen LogP contribution in [0.5, 0.6) is 0 Å². The molecule has 5 aromatic rings. The second-order valence-electron chi connectivity index (χ2n) is 7.13. The normalized spacial score (nSPS) is 11.7. The number of benzene rings is 3. The Morgan fingerprint density at radius 3 is 2.54 bits per heavy atom. The van der Waals surface area contributed by atoms with Gasteiger partial charge in [0.2, 0.25) is 5.69 Å². The molecule has 2 heterocycles. The fraction of sp³-hybridized carbons (Fsp3) is 0.125. The van der Waals surface area contributed by atoms with E-state index < -0.39 is 0 Å². The summed E-state index contributed by atoms with van der Waals surface area (Å²) in [7, 11) is 2.10. The van der Waals surface area contributed by atoms with Crippen molar-refractivity contribution in [1.82, 2.24) is 0 Å². The molecule has 0 aliphatic carbocycles. The maximum Gasteiger partial charge on any atom is 0.212 e.